The number of hydrogen-bond acceptors (Lipinski definition) is 4. The quantitative estimate of drug-likeness (QED) is 0.718. The van der Waals surface area contributed by atoms with E-state index in [-0.39, 0.29) is 12.3 Å². The van der Waals surface area contributed by atoms with E-state index in [0.29, 0.717) is 18.8 Å². The number of nitrogens with zero attached hydrogens (tertiary/aromatic N) is 1. The van der Waals surface area contributed by atoms with Crippen LogP contribution in [0.4, 0.5) is 14.6 Å². The lowest BCUT2D eigenvalue weighted by atomic mass is 10.3. The second-order valence-corrected chi connectivity index (χ2v) is 3.12. The van der Waals surface area contributed by atoms with Gasteiger partial charge in [0.1, 0.15) is 5.82 Å². The molecule has 0 amide bonds. The van der Waals surface area contributed by atoms with Gasteiger partial charge in [0.2, 0.25) is 0 Å². The highest BCUT2D eigenvalue weighted by molar-refractivity contribution is 5.85. The number of hydrogen-bond donors (Lipinski definition) is 2. The van der Waals surface area contributed by atoms with Gasteiger partial charge in [0.05, 0.1) is 6.61 Å². The third-order valence-corrected chi connectivity index (χ3v) is 1.84. The number of carboxylic acids is 1. The van der Waals surface area contributed by atoms with Crippen LogP contribution in [0, 0.1) is 0 Å². The molecule has 0 aliphatic heterocycles. The van der Waals surface area contributed by atoms with Gasteiger partial charge >= 0.3 is 12.6 Å². The summed E-state index contributed by atoms with van der Waals surface area (Å²) in [5, 5.41) is 11.5. The number of anilines is 1. The molecule has 0 aliphatic carbocycles. The van der Waals surface area contributed by atoms with E-state index in [1.54, 1.807) is 12.1 Å². The van der Waals surface area contributed by atoms with Crippen LogP contribution in [0.2, 0.25) is 0 Å². The van der Waals surface area contributed by atoms with Crippen LogP contribution < -0.4 is 5.32 Å². The molecule has 2 N–H and O–H groups in total. The number of aromatic nitrogens is 1. The summed E-state index contributed by atoms with van der Waals surface area (Å²) in [5.74, 6) is -0.725. The molecule has 0 aliphatic rings. The minimum absolute atomic E-state index is 0.0662. The molecule has 1 aromatic rings. The van der Waals surface area contributed by atoms with Crippen LogP contribution in [0.5, 0.6) is 0 Å². The second-order valence-electron chi connectivity index (χ2n) is 3.12. The Morgan fingerprint density at radius 1 is 1.53 bits per heavy atom. The van der Waals surface area contributed by atoms with Crippen molar-refractivity contribution in [3.8, 4) is 0 Å². The van der Waals surface area contributed by atoms with Gasteiger partial charge in [0.25, 0.3) is 0 Å². The standard InChI is InChI=1S/C10H12F2N2O3/c11-10(12)17-6-2-5-13-8-4-1-3-7(14-8)9(15)16/h1,3-4,10H,2,5-6H2,(H,13,14)(H,15,16). The number of carboxylic acid groups (broad SMARTS) is 1. The van der Waals surface area contributed by atoms with Crippen molar-refractivity contribution in [2.75, 3.05) is 18.5 Å². The first-order valence-electron chi connectivity index (χ1n) is 4.93. The average Bonchev–Trinajstić information content (AvgIpc) is 2.28. The Bertz CT molecular complexity index is 374. The highest BCUT2D eigenvalue weighted by Gasteiger charge is 2.04. The monoisotopic (exact) mass is 246 g/mol. The Hall–Kier alpha value is -1.76. The SMILES string of the molecule is O=C(O)c1cccc(NCCCOC(F)F)n1. The Kier molecular flexibility index (Phi) is 5.28. The third-order valence-electron chi connectivity index (χ3n) is 1.84. The van der Waals surface area contributed by atoms with Crippen molar-refractivity contribution in [2.45, 2.75) is 13.0 Å². The maximum atomic E-state index is 11.6. The zero-order chi connectivity index (χ0) is 12.7. The first kappa shape index (κ1) is 13.3. The molecule has 0 bridgehead atoms. The number of aromatic carboxylic acids is 1. The van der Waals surface area contributed by atoms with Crippen LogP contribution >= 0.6 is 0 Å². The minimum Gasteiger partial charge on any atom is -0.477 e. The molecule has 0 saturated heterocycles. The number of ether oxygens (including phenoxy) is 1. The molecule has 1 rings (SSSR count). The second kappa shape index (κ2) is 6.74. The molecule has 0 spiro atoms. The number of alkyl halides is 2. The largest absolute Gasteiger partial charge is 0.477 e. The summed E-state index contributed by atoms with van der Waals surface area (Å²) in [6.07, 6.45) is 0.378. The molecule has 0 radical (unpaired) electrons. The predicted octanol–water partition coefficient (Wildman–Crippen LogP) is 1.82. The summed E-state index contributed by atoms with van der Waals surface area (Å²) in [6, 6.07) is 4.52. The van der Waals surface area contributed by atoms with Gasteiger partial charge < -0.3 is 15.2 Å². The molecule has 94 valence electrons. The normalized spacial score (nSPS) is 10.5. The van der Waals surface area contributed by atoms with Crippen molar-refractivity contribution in [1.82, 2.24) is 4.98 Å². The topological polar surface area (TPSA) is 71.5 Å². The van der Waals surface area contributed by atoms with Crippen LogP contribution in [0.25, 0.3) is 0 Å². The highest BCUT2D eigenvalue weighted by Crippen LogP contribution is 2.05. The maximum Gasteiger partial charge on any atom is 0.354 e. The molecule has 0 saturated carbocycles. The zero-order valence-electron chi connectivity index (χ0n) is 8.90. The van der Waals surface area contributed by atoms with Crippen LogP contribution in [0.15, 0.2) is 18.2 Å². The van der Waals surface area contributed by atoms with E-state index in [2.05, 4.69) is 15.0 Å². The summed E-state index contributed by atoms with van der Waals surface area (Å²) >= 11 is 0. The van der Waals surface area contributed by atoms with E-state index in [1.165, 1.54) is 6.07 Å². The molecular weight excluding hydrogens is 234 g/mol. The van der Waals surface area contributed by atoms with Gasteiger partial charge in [-0.2, -0.15) is 8.78 Å². The first-order chi connectivity index (χ1) is 8.09. The van der Waals surface area contributed by atoms with Crippen LogP contribution in [-0.4, -0.2) is 35.8 Å². The van der Waals surface area contributed by atoms with Gasteiger partial charge in [0, 0.05) is 6.54 Å². The number of pyridine rings is 1. The summed E-state index contributed by atoms with van der Waals surface area (Å²) in [6.45, 7) is -2.45. The van der Waals surface area contributed by atoms with E-state index in [9.17, 15) is 13.6 Å². The number of rotatable bonds is 7. The number of halogens is 2. The molecule has 0 unspecified atom stereocenters. The molecule has 7 heteroatoms. The Labute approximate surface area is 96.4 Å². The van der Waals surface area contributed by atoms with Crippen LogP contribution in [0.1, 0.15) is 16.9 Å². The van der Waals surface area contributed by atoms with Gasteiger partial charge in [-0.15, -0.1) is 0 Å². The molecule has 0 atom stereocenters. The van der Waals surface area contributed by atoms with E-state index in [1.807, 2.05) is 0 Å². The van der Waals surface area contributed by atoms with E-state index >= 15 is 0 Å². The Morgan fingerprint density at radius 2 is 2.29 bits per heavy atom. The number of nitrogens with one attached hydrogen (secondary N) is 1. The fourth-order valence-corrected chi connectivity index (χ4v) is 1.11. The molecule has 1 heterocycles. The fourth-order valence-electron chi connectivity index (χ4n) is 1.11. The average molecular weight is 246 g/mol. The van der Waals surface area contributed by atoms with Crippen LogP contribution in [0.3, 0.4) is 0 Å². The molecule has 0 aromatic carbocycles. The van der Waals surface area contributed by atoms with Crippen molar-refractivity contribution in [3.05, 3.63) is 23.9 Å². The van der Waals surface area contributed by atoms with E-state index in [0.717, 1.165) is 0 Å². The Morgan fingerprint density at radius 3 is 2.94 bits per heavy atom. The summed E-state index contributed by atoms with van der Waals surface area (Å²) < 4.78 is 27.3. The van der Waals surface area contributed by atoms with Gasteiger partial charge in [-0.05, 0) is 18.6 Å². The van der Waals surface area contributed by atoms with Gasteiger partial charge in [-0.3, -0.25) is 0 Å². The third kappa shape index (κ3) is 5.21. The minimum atomic E-state index is -2.76. The summed E-state index contributed by atoms with van der Waals surface area (Å²) in [5.41, 5.74) is -0.0705. The summed E-state index contributed by atoms with van der Waals surface area (Å²) in [7, 11) is 0. The van der Waals surface area contributed by atoms with Crippen LogP contribution in [-0.2, 0) is 4.74 Å². The Balaban J connectivity index is 2.31. The van der Waals surface area contributed by atoms with Crippen molar-refractivity contribution in [2.24, 2.45) is 0 Å². The molecule has 17 heavy (non-hydrogen) atoms. The van der Waals surface area contributed by atoms with Gasteiger partial charge in [-0.1, -0.05) is 6.07 Å². The fraction of sp³-hybridized carbons (Fsp3) is 0.400. The smallest absolute Gasteiger partial charge is 0.354 e. The van der Waals surface area contributed by atoms with Crippen molar-refractivity contribution in [3.63, 3.8) is 0 Å². The lowest BCUT2D eigenvalue weighted by molar-refractivity contribution is -0.128. The van der Waals surface area contributed by atoms with Crippen molar-refractivity contribution >= 4 is 11.8 Å². The predicted molar refractivity (Wildman–Crippen MR) is 56.3 cm³/mol. The van der Waals surface area contributed by atoms with Gasteiger partial charge in [-0.25, -0.2) is 9.78 Å². The summed E-state index contributed by atoms with van der Waals surface area (Å²) in [4.78, 5) is 14.4. The van der Waals surface area contributed by atoms with Crippen molar-refractivity contribution in [1.29, 1.82) is 0 Å². The molecule has 1 aromatic heterocycles. The maximum absolute atomic E-state index is 11.6. The zero-order valence-corrected chi connectivity index (χ0v) is 8.90. The van der Waals surface area contributed by atoms with E-state index < -0.39 is 12.6 Å². The van der Waals surface area contributed by atoms with Gasteiger partial charge in [0.15, 0.2) is 5.69 Å². The lowest BCUT2D eigenvalue weighted by Gasteiger charge is -2.06. The lowest BCUT2D eigenvalue weighted by Crippen LogP contribution is -2.10. The number of carbonyl (C=O) groups is 1. The molecule has 0 fully saturated rings. The highest BCUT2D eigenvalue weighted by atomic mass is 19.3. The van der Waals surface area contributed by atoms with E-state index in [4.69, 9.17) is 5.11 Å². The molecule has 5 nitrogen and oxygen atoms in total. The molecular formula is C10H12F2N2O3. The van der Waals surface area contributed by atoms with Crippen molar-refractivity contribution < 1.29 is 23.4 Å². The first-order valence-corrected chi connectivity index (χ1v) is 4.93.